The molecule has 0 spiro atoms. The number of carbonyl (C=O) groups is 1. The first-order valence-electron chi connectivity index (χ1n) is 9.07. The van der Waals surface area contributed by atoms with E-state index in [0.29, 0.717) is 45.1 Å². The van der Waals surface area contributed by atoms with E-state index >= 15 is 0 Å². The summed E-state index contributed by atoms with van der Waals surface area (Å²) in [7, 11) is 0. The Morgan fingerprint density at radius 1 is 1.42 bits per heavy atom. The average molecular weight is 340 g/mol. The molecule has 2 rings (SSSR count). The molecule has 2 saturated heterocycles. The van der Waals surface area contributed by atoms with Gasteiger partial charge in [-0.1, -0.05) is 13.8 Å². The average Bonchev–Trinajstić information content (AvgIpc) is 3.01. The predicted molar refractivity (Wildman–Crippen MR) is 93.9 cm³/mol. The number of hydrogen-bond donors (Lipinski definition) is 3. The van der Waals surface area contributed by atoms with Crippen LogP contribution in [-0.4, -0.2) is 72.9 Å². The van der Waals surface area contributed by atoms with Crippen LogP contribution in [0.25, 0.3) is 0 Å². The van der Waals surface area contributed by atoms with E-state index in [9.17, 15) is 9.90 Å². The van der Waals surface area contributed by atoms with Crippen molar-refractivity contribution in [1.29, 1.82) is 0 Å². The number of aliphatic hydroxyl groups is 1. The number of carbonyl (C=O) groups excluding carboxylic acids is 1. The maximum absolute atomic E-state index is 12.1. The quantitative estimate of drug-likeness (QED) is 0.496. The zero-order chi connectivity index (χ0) is 17.6. The Labute approximate surface area is 144 Å². The molecule has 0 aromatic rings. The van der Waals surface area contributed by atoms with Gasteiger partial charge in [0.25, 0.3) is 0 Å². The Morgan fingerprint density at radius 3 is 2.75 bits per heavy atom. The van der Waals surface area contributed by atoms with Crippen LogP contribution in [0.15, 0.2) is 4.99 Å². The topological polar surface area (TPSA) is 86.2 Å². The summed E-state index contributed by atoms with van der Waals surface area (Å²) in [6.07, 6.45) is 2.16. The number of ether oxygens (including phenoxy) is 1. The number of hydrogen-bond acceptors (Lipinski definition) is 4. The van der Waals surface area contributed by atoms with Crippen molar-refractivity contribution in [3.05, 3.63) is 0 Å². The van der Waals surface area contributed by atoms with Crippen molar-refractivity contribution in [1.82, 2.24) is 15.5 Å². The highest BCUT2D eigenvalue weighted by molar-refractivity contribution is 5.81. The lowest BCUT2D eigenvalue weighted by Crippen LogP contribution is -2.47. The zero-order valence-electron chi connectivity index (χ0n) is 15.2. The Balaban J connectivity index is 1.89. The fourth-order valence-corrected chi connectivity index (χ4v) is 3.09. The van der Waals surface area contributed by atoms with E-state index in [1.807, 2.05) is 25.7 Å². The number of aliphatic imine (C=N–C) groups is 1. The van der Waals surface area contributed by atoms with Crippen molar-refractivity contribution < 1.29 is 14.6 Å². The van der Waals surface area contributed by atoms with E-state index in [2.05, 4.69) is 15.6 Å². The Morgan fingerprint density at radius 2 is 2.12 bits per heavy atom. The Kier molecular flexibility index (Phi) is 6.86. The van der Waals surface area contributed by atoms with Gasteiger partial charge in [-0.2, -0.15) is 0 Å². The largest absolute Gasteiger partial charge is 0.388 e. The molecule has 138 valence electrons. The molecule has 2 aliphatic heterocycles. The van der Waals surface area contributed by atoms with Crippen molar-refractivity contribution in [2.45, 2.75) is 51.7 Å². The lowest BCUT2D eigenvalue weighted by molar-refractivity contribution is -0.133. The molecule has 2 aliphatic rings. The number of likely N-dealkylation sites (tertiary alicyclic amines) is 1. The maximum atomic E-state index is 12.1. The highest BCUT2D eigenvalue weighted by atomic mass is 16.5. The molecular weight excluding hydrogens is 308 g/mol. The second-order valence-corrected chi connectivity index (χ2v) is 7.10. The third kappa shape index (κ3) is 5.34. The third-order valence-electron chi connectivity index (χ3n) is 4.63. The zero-order valence-corrected chi connectivity index (χ0v) is 15.2. The molecule has 7 nitrogen and oxygen atoms in total. The van der Waals surface area contributed by atoms with Crippen molar-refractivity contribution in [2.24, 2.45) is 10.9 Å². The number of rotatable bonds is 5. The normalized spacial score (nSPS) is 24.3. The molecule has 0 bridgehead atoms. The van der Waals surface area contributed by atoms with Gasteiger partial charge in [-0.15, -0.1) is 0 Å². The minimum Gasteiger partial charge on any atom is -0.388 e. The van der Waals surface area contributed by atoms with Gasteiger partial charge in [0.05, 0.1) is 12.1 Å². The van der Waals surface area contributed by atoms with Crippen molar-refractivity contribution >= 4 is 11.9 Å². The fourth-order valence-electron chi connectivity index (χ4n) is 3.09. The predicted octanol–water partition coefficient (Wildman–Crippen LogP) is 0.340. The van der Waals surface area contributed by atoms with Gasteiger partial charge < -0.3 is 25.4 Å². The van der Waals surface area contributed by atoms with Crippen LogP contribution >= 0.6 is 0 Å². The molecule has 0 aliphatic carbocycles. The first kappa shape index (κ1) is 19.0. The third-order valence-corrected chi connectivity index (χ3v) is 4.63. The second kappa shape index (κ2) is 8.67. The van der Waals surface area contributed by atoms with Gasteiger partial charge in [0, 0.05) is 57.6 Å². The molecule has 0 aromatic carbocycles. The Bertz CT molecular complexity index is 447. The van der Waals surface area contributed by atoms with E-state index in [1.165, 1.54) is 0 Å². The van der Waals surface area contributed by atoms with Gasteiger partial charge in [-0.25, -0.2) is 0 Å². The van der Waals surface area contributed by atoms with E-state index in [0.717, 1.165) is 19.5 Å². The van der Waals surface area contributed by atoms with Crippen LogP contribution in [0.5, 0.6) is 0 Å². The van der Waals surface area contributed by atoms with Crippen molar-refractivity contribution in [2.75, 3.05) is 39.4 Å². The van der Waals surface area contributed by atoms with Crippen molar-refractivity contribution in [3.63, 3.8) is 0 Å². The van der Waals surface area contributed by atoms with Gasteiger partial charge in [-0.3, -0.25) is 9.79 Å². The van der Waals surface area contributed by atoms with Crippen LogP contribution < -0.4 is 10.6 Å². The summed E-state index contributed by atoms with van der Waals surface area (Å²) in [5.74, 6) is 0.951. The standard InChI is InChI=1S/C17H32N4O3/c1-4-18-16(19-12-17(23)6-9-24-10-7-17)20-14-5-8-21(11-14)15(22)13(2)3/h13-14,23H,4-12H2,1-3H3,(H2,18,19,20). The summed E-state index contributed by atoms with van der Waals surface area (Å²) in [5, 5.41) is 17.2. The summed E-state index contributed by atoms with van der Waals surface area (Å²) in [6.45, 7) is 9.68. The lowest BCUT2D eigenvalue weighted by Gasteiger charge is -2.30. The molecule has 7 heteroatoms. The van der Waals surface area contributed by atoms with E-state index in [-0.39, 0.29) is 17.9 Å². The summed E-state index contributed by atoms with van der Waals surface area (Å²) < 4.78 is 5.30. The molecule has 0 radical (unpaired) electrons. The van der Waals surface area contributed by atoms with Gasteiger partial charge in [0.15, 0.2) is 5.96 Å². The first-order valence-corrected chi connectivity index (χ1v) is 9.07. The summed E-state index contributed by atoms with van der Waals surface area (Å²) in [5.41, 5.74) is -0.768. The van der Waals surface area contributed by atoms with Crippen LogP contribution in [0, 0.1) is 5.92 Å². The van der Waals surface area contributed by atoms with Crippen LogP contribution in [0.4, 0.5) is 0 Å². The van der Waals surface area contributed by atoms with Gasteiger partial charge in [0.1, 0.15) is 0 Å². The number of nitrogens with zero attached hydrogens (tertiary/aromatic N) is 2. The van der Waals surface area contributed by atoms with Gasteiger partial charge in [0.2, 0.25) is 5.91 Å². The molecule has 1 unspecified atom stereocenters. The van der Waals surface area contributed by atoms with E-state index in [1.54, 1.807) is 0 Å². The first-order chi connectivity index (χ1) is 11.4. The molecule has 2 heterocycles. The number of guanidine groups is 1. The SMILES string of the molecule is CCNC(=NCC1(O)CCOCC1)NC1CCN(C(=O)C(C)C)C1. The van der Waals surface area contributed by atoms with E-state index < -0.39 is 5.60 Å². The van der Waals surface area contributed by atoms with Crippen LogP contribution in [0.2, 0.25) is 0 Å². The molecular formula is C17H32N4O3. The summed E-state index contributed by atoms with van der Waals surface area (Å²) in [6, 6.07) is 0.204. The second-order valence-electron chi connectivity index (χ2n) is 7.10. The minimum atomic E-state index is -0.768. The molecule has 24 heavy (non-hydrogen) atoms. The molecule has 0 aromatic heterocycles. The van der Waals surface area contributed by atoms with Crippen LogP contribution in [0.3, 0.4) is 0 Å². The maximum Gasteiger partial charge on any atom is 0.225 e. The Hall–Kier alpha value is -1.34. The van der Waals surface area contributed by atoms with E-state index in [4.69, 9.17) is 4.74 Å². The van der Waals surface area contributed by atoms with Crippen LogP contribution in [-0.2, 0) is 9.53 Å². The van der Waals surface area contributed by atoms with Crippen LogP contribution in [0.1, 0.15) is 40.0 Å². The smallest absolute Gasteiger partial charge is 0.225 e. The summed E-state index contributed by atoms with van der Waals surface area (Å²) in [4.78, 5) is 18.6. The minimum absolute atomic E-state index is 0.0356. The molecule has 3 N–H and O–H groups in total. The fraction of sp³-hybridized carbons (Fsp3) is 0.882. The lowest BCUT2D eigenvalue weighted by atomic mass is 9.95. The molecule has 1 atom stereocenters. The molecule has 1 amide bonds. The number of amides is 1. The summed E-state index contributed by atoms with van der Waals surface area (Å²) >= 11 is 0. The van der Waals surface area contributed by atoms with Gasteiger partial charge in [-0.05, 0) is 13.3 Å². The highest BCUT2D eigenvalue weighted by Gasteiger charge is 2.31. The highest BCUT2D eigenvalue weighted by Crippen LogP contribution is 2.20. The monoisotopic (exact) mass is 340 g/mol. The van der Waals surface area contributed by atoms with Gasteiger partial charge >= 0.3 is 0 Å². The molecule has 0 saturated carbocycles. The van der Waals surface area contributed by atoms with Crippen molar-refractivity contribution in [3.8, 4) is 0 Å². The molecule has 2 fully saturated rings. The number of nitrogens with one attached hydrogen (secondary N) is 2.